The maximum Gasteiger partial charge on any atom is 0.391 e. The van der Waals surface area contributed by atoms with Crippen molar-refractivity contribution < 1.29 is 22.4 Å². The van der Waals surface area contributed by atoms with Crippen LogP contribution in [0.1, 0.15) is 43.0 Å². The van der Waals surface area contributed by atoms with E-state index >= 15 is 0 Å². The summed E-state index contributed by atoms with van der Waals surface area (Å²) in [6, 6.07) is 5.71. The standard InChI is InChI=1S/C20H18F4N2O/c1-19(12-20(22,23)24,9-3-4-13-7-8-13)26-18(27)15-10-14-5-2-6-16(21)17(14)25-11-15/h2,5-6,10-11,13H,7-9,12H2,1H3,(H,26,27)/t19-/m0/s1. The van der Waals surface area contributed by atoms with Gasteiger partial charge in [0.05, 0.1) is 17.5 Å². The molecule has 1 heterocycles. The highest BCUT2D eigenvalue weighted by atomic mass is 19.4. The third-order valence-electron chi connectivity index (χ3n) is 4.29. The number of hydrogen-bond acceptors (Lipinski definition) is 2. The van der Waals surface area contributed by atoms with Crippen LogP contribution in [0.25, 0.3) is 10.9 Å². The first-order valence-corrected chi connectivity index (χ1v) is 8.57. The summed E-state index contributed by atoms with van der Waals surface area (Å²) < 4.78 is 52.7. The molecular formula is C20H18F4N2O. The Hall–Kier alpha value is -2.62. The third-order valence-corrected chi connectivity index (χ3v) is 4.29. The summed E-state index contributed by atoms with van der Waals surface area (Å²) in [7, 11) is 0. The van der Waals surface area contributed by atoms with Crippen LogP contribution in [-0.2, 0) is 0 Å². The minimum atomic E-state index is -4.45. The van der Waals surface area contributed by atoms with Crippen molar-refractivity contribution in [3.05, 3.63) is 41.8 Å². The third kappa shape index (κ3) is 5.19. The molecule has 142 valence electrons. The maximum absolute atomic E-state index is 13.7. The molecule has 1 fully saturated rings. The zero-order valence-electron chi connectivity index (χ0n) is 14.7. The quantitative estimate of drug-likeness (QED) is 0.623. The van der Waals surface area contributed by atoms with Gasteiger partial charge in [-0.1, -0.05) is 18.1 Å². The summed E-state index contributed by atoms with van der Waals surface area (Å²) in [6.45, 7) is 1.33. The van der Waals surface area contributed by atoms with E-state index in [0.29, 0.717) is 5.39 Å². The molecule has 1 N–H and O–H groups in total. The van der Waals surface area contributed by atoms with E-state index in [9.17, 15) is 22.4 Å². The summed E-state index contributed by atoms with van der Waals surface area (Å²) in [6.07, 6.45) is -2.66. The first kappa shape index (κ1) is 19.2. The lowest BCUT2D eigenvalue weighted by Crippen LogP contribution is -2.48. The number of hydrogen-bond donors (Lipinski definition) is 1. The Labute approximate surface area is 154 Å². The lowest BCUT2D eigenvalue weighted by atomic mass is 9.92. The average Bonchev–Trinajstić information content (AvgIpc) is 3.37. The number of para-hydroxylation sites is 1. The molecule has 3 rings (SSSR count). The van der Waals surface area contributed by atoms with E-state index < -0.39 is 29.9 Å². The van der Waals surface area contributed by atoms with Crippen molar-refractivity contribution in [2.45, 2.75) is 44.3 Å². The number of carbonyl (C=O) groups is 1. The molecular weight excluding hydrogens is 360 g/mol. The SMILES string of the molecule is C[C@](CC#CC1CC1)(CC(F)(F)F)NC(=O)c1cnc2c(F)cccc2c1. The van der Waals surface area contributed by atoms with E-state index in [1.165, 1.54) is 25.1 Å². The van der Waals surface area contributed by atoms with Crippen molar-refractivity contribution >= 4 is 16.8 Å². The second kappa shape index (κ2) is 7.18. The van der Waals surface area contributed by atoms with E-state index in [0.717, 1.165) is 19.0 Å². The van der Waals surface area contributed by atoms with Gasteiger partial charge < -0.3 is 5.32 Å². The number of benzene rings is 1. The Kier molecular flexibility index (Phi) is 5.09. The van der Waals surface area contributed by atoms with Crippen LogP contribution in [0.2, 0.25) is 0 Å². The second-order valence-electron chi connectivity index (χ2n) is 7.11. The Morgan fingerprint density at radius 2 is 2.07 bits per heavy atom. The molecule has 1 amide bonds. The van der Waals surface area contributed by atoms with Gasteiger partial charge in [0.1, 0.15) is 11.3 Å². The summed E-state index contributed by atoms with van der Waals surface area (Å²) >= 11 is 0. The Bertz CT molecular complexity index is 925. The van der Waals surface area contributed by atoms with Crippen LogP contribution in [-0.4, -0.2) is 22.6 Å². The smallest absolute Gasteiger partial charge is 0.346 e. The zero-order valence-corrected chi connectivity index (χ0v) is 14.7. The number of rotatable bonds is 4. The van der Waals surface area contributed by atoms with Crippen molar-refractivity contribution in [1.29, 1.82) is 0 Å². The molecule has 7 heteroatoms. The van der Waals surface area contributed by atoms with Gasteiger partial charge in [0, 0.05) is 23.9 Å². The van der Waals surface area contributed by atoms with Crippen molar-refractivity contribution in [1.82, 2.24) is 10.3 Å². The van der Waals surface area contributed by atoms with Gasteiger partial charge in [-0.15, -0.1) is 5.92 Å². The Morgan fingerprint density at radius 3 is 2.74 bits per heavy atom. The summed E-state index contributed by atoms with van der Waals surface area (Å²) in [4.78, 5) is 16.4. The number of fused-ring (bicyclic) bond motifs is 1. The van der Waals surface area contributed by atoms with Crippen LogP contribution in [0.15, 0.2) is 30.5 Å². The molecule has 0 aliphatic heterocycles. The van der Waals surface area contributed by atoms with Crippen molar-refractivity contribution in [3.63, 3.8) is 0 Å². The molecule has 1 aliphatic rings. The van der Waals surface area contributed by atoms with Crippen LogP contribution in [0.4, 0.5) is 17.6 Å². The maximum atomic E-state index is 13.7. The summed E-state index contributed by atoms with van der Waals surface area (Å²) in [5.41, 5.74) is -1.40. The summed E-state index contributed by atoms with van der Waals surface area (Å²) in [5.74, 6) is 4.72. The largest absolute Gasteiger partial charge is 0.391 e. The normalized spacial score (nSPS) is 16.3. The fourth-order valence-corrected chi connectivity index (χ4v) is 2.81. The lowest BCUT2D eigenvalue weighted by molar-refractivity contribution is -0.147. The van der Waals surface area contributed by atoms with E-state index in [-0.39, 0.29) is 23.4 Å². The van der Waals surface area contributed by atoms with E-state index in [1.807, 2.05) is 0 Å². The molecule has 0 saturated heterocycles. The van der Waals surface area contributed by atoms with Gasteiger partial charge in [0.15, 0.2) is 0 Å². The molecule has 1 aromatic carbocycles. The predicted molar refractivity (Wildman–Crippen MR) is 93.4 cm³/mol. The average molecular weight is 378 g/mol. The number of carbonyl (C=O) groups excluding carboxylic acids is 1. The van der Waals surface area contributed by atoms with Crippen molar-refractivity contribution in [2.75, 3.05) is 0 Å². The molecule has 1 saturated carbocycles. The molecule has 27 heavy (non-hydrogen) atoms. The van der Waals surface area contributed by atoms with Crippen molar-refractivity contribution in [3.8, 4) is 11.8 Å². The van der Waals surface area contributed by atoms with Crippen LogP contribution >= 0.6 is 0 Å². The highest BCUT2D eigenvalue weighted by Gasteiger charge is 2.40. The number of alkyl halides is 3. The first-order valence-electron chi connectivity index (χ1n) is 8.57. The fourth-order valence-electron chi connectivity index (χ4n) is 2.81. The zero-order chi connectivity index (χ0) is 19.7. The van der Waals surface area contributed by atoms with Gasteiger partial charge in [-0.05, 0) is 31.9 Å². The van der Waals surface area contributed by atoms with Gasteiger partial charge in [-0.3, -0.25) is 9.78 Å². The summed E-state index contributed by atoms with van der Waals surface area (Å²) in [5, 5.41) is 2.84. The van der Waals surface area contributed by atoms with Gasteiger partial charge in [-0.2, -0.15) is 13.2 Å². The van der Waals surface area contributed by atoms with Gasteiger partial charge in [-0.25, -0.2) is 4.39 Å². The van der Waals surface area contributed by atoms with Crippen LogP contribution < -0.4 is 5.32 Å². The molecule has 3 nitrogen and oxygen atoms in total. The molecule has 1 atom stereocenters. The van der Waals surface area contributed by atoms with E-state index in [2.05, 4.69) is 22.1 Å². The Balaban J connectivity index is 1.81. The van der Waals surface area contributed by atoms with Crippen LogP contribution in [0.3, 0.4) is 0 Å². The van der Waals surface area contributed by atoms with E-state index in [1.54, 1.807) is 6.07 Å². The van der Waals surface area contributed by atoms with E-state index in [4.69, 9.17) is 0 Å². The molecule has 1 aliphatic carbocycles. The molecule has 1 aromatic heterocycles. The molecule has 0 unspecified atom stereocenters. The highest BCUT2D eigenvalue weighted by Crippen LogP contribution is 2.31. The van der Waals surface area contributed by atoms with Gasteiger partial charge in [0.25, 0.3) is 5.91 Å². The Morgan fingerprint density at radius 1 is 1.33 bits per heavy atom. The number of nitrogens with zero attached hydrogens (tertiary/aromatic N) is 1. The second-order valence-corrected chi connectivity index (χ2v) is 7.11. The molecule has 0 spiro atoms. The van der Waals surface area contributed by atoms with Crippen LogP contribution in [0.5, 0.6) is 0 Å². The minimum Gasteiger partial charge on any atom is -0.346 e. The number of nitrogens with one attached hydrogen (secondary N) is 1. The first-order chi connectivity index (χ1) is 12.7. The predicted octanol–water partition coefficient (Wildman–Crippen LogP) is 4.62. The minimum absolute atomic E-state index is 0.0663. The van der Waals surface area contributed by atoms with Gasteiger partial charge in [0.2, 0.25) is 0 Å². The highest BCUT2D eigenvalue weighted by molar-refractivity contribution is 5.97. The fraction of sp³-hybridized carbons (Fsp3) is 0.400. The lowest BCUT2D eigenvalue weighted by Gasteiger charge is -2.30. The molecule has 0 radical (unpaired) electrons. The molecule has 0 bridgehead atoms. The molecule has 2 aromatic rings. The number of halogens is 4. The van der Waals surface area contributed by atoms with Gasteiger partial charge >= 0.3 is 6.18 Å². The number of pyridine rings is 1. The van der Waals surface area contributed by atoms with Crippen LogP contribution in [0, 0.1) is 23.6 Å². The van der Waals surface area contributed by atoms with Crippen molar-refractivity contribution in [2.24, 2.45) is 5.92 Å². The number of amides is 1. The topological polar surface area (TPSA) is 42.0 Å². The monoisotopic (exact) mass is 378 g/mol. The number of aromatic nitrogens is 1.